The SMILES string of the molecule is O=C(O)c1ccc(Sc2ccccc2)cn1. The average molecular weight is 231 g/mol. The summed E-state index contributed by atoms with van der Waals surface area (Å²) in [4.78, 5) is 16.5. The molecular weight excluding hydrogens is 222 g/mol. The Bertz CT molecular complexity index is 482. The fourth-order valence-electron chi connectivity index (χ4n) is 1.19. The Labute approximate surface area is 97.2 Å². The molecule has 0 radical (unpaired) electrons. The molecule has 1 N–H and O–H groups in total. The summed E-state index contributed by atoms with van der Waals surface area (Å²) in [6.07, 6.45) is 1.57. The molecule has 80 valence electrons. The lowest BCUT2D eigenvalue weighted by Crippen LogP contribution is -1.98. The van der Waals surface area contributed by atoms with Gasteiger partial charge in [0.15, 0.2) is 0 Å². The van der Waals surface area contributed by atoms with Gasteiger partial charge in [0.05, 0.1) is 0 Å². The number of pyridine rings is 1. The number of nitrogens with zero attached hydrogens (tertiary/aromatic N) is 1. The predicted octanol–water partition coefficient (Wildman–Crippen LogP) is 2.93. The van der Waals surface area contributed by atoms with Crippen LogP contribution in [0.25, 0.3) is 0 Å². The van der Waals surface area contributed by atoms with Crippen molar-refractivity contribution in [1.29, 1.82) is 0 Å². The van der Waals surface area contributed by atoms with Gasteiger partial charge >= 0.3 is 5.97 Å². The summed E-state index contributed by atoms with van der Waals surface area (Å²) in [7, 11) is 0. The van der Waals surface area contributed by atoms with Crippen LogP contribution in [0, 0.1) is 0 Å². The molecule has 1 aromatic carbocycles. The first kappa shape index (κ1) is 10.7. The molecule has 0 fully saturated rings. The zero-order valence-corrected chi connectivity index (χ0v) is 9.15. The highest BCUT2D eigenvalue weighted by Crippen LogP contribution is 2.26. The van der Waals surface area contributed by atoms with Crippen molar-refractivity contribution in [2.45, 2.75) is 9.79 Å². The number of carboxylic acid groups (broad SMARTS) is 1. The molecule has 0 aliphatic carbocycles. The van der Waals surface area contributed by atoms with E-state index in [0.717, 1.165) is 9.79 Å². The van der Waals surface area contributed by atoms with Crippen LogP contribution in [-0.4, -0.2) is 16.1 Å². The Kier molecular flexibility index (Phi) is 3.22. The highest BCUT2D eigenvalue weighted by Gasteiger charge is 2.03. The molecule has 0 aliphatic heterocycles. The summed E-state index contributed by atoms with van der Waals surface area (Å²) < 4.78 is 0. The van der Waals surface area contributed by atoms with Crippen molar-refractivity contribution in [2.24, 2.45) is 0 Å². The molecule has 3 nitrogen and oxygen atoms in total. The minimum Gasteiger partial charge on any atom is -0.477 e. The lowest BCUT2D eigenvalue weighted by molar-refractivity contribution is 0.0690. The number of benzene rings is 1. The van der Waals surface area contributed by atoms with E-state index < -0.39 is 5.97 Å². The molecule has 0 amide bonds. The van der Waals surface area contributed by atoms with Crippen LogP contribution < -0.4 is 0 Å². The zero-order valence-electron chi connectivity index (χ0n) is 8.33. The summed E-state index contributed by atoms with van der Waals surface area (Å²) in [5.74, 6) is -1.00. The Hall–Kier alpha value is -1.81. The van der Waals surface area contributed by atoms with Gasteiger partial charge in [-0.1, -0.05) is 30.0 Å². The standard InChI is InChI=1S/C12H9NO2S/c14-12(15)11-7-6-10(8-13-11)16-9-4-2-1-3-5-9/h1-8H,(H,14,15). The van der Waals surface area contributed by atoms with Crippen LogP contribution in [0.4, 0.5) is 0 Å². The number of carboxylic acids is 1. The van der Waals surface area contributed by atoms with Crippen LogP contribution in [0.1, 0.15) is 10.5 Å². The smallest absolute Gasteiger partial charge is 0.354 e. The maximum Gasteiger partial charge on any atom is 0.354 e. The molecule has 0 spiro atoms. The summed E-state index contributed by atoms with van der Waals surface area (Å²) in [5.41, 5.74) is 0.0670. The first-order valence-electron chi connectivity index (χ1n) is 4.68. The Morgan fingerprint density at radius 2 is 1.81 bits per heavy atom. The largest absolute Gasteiger partial charge is 0.477 e. The Balaban J connectivity index is 2.14. The second-order valence-corrected chi connectivity index (χ2v) is 4.25. The number of rotatable bonds is 3. The normalized spacial score (nSPS) is 10.0. The van der Waals surface area contributed by atoms with Crippen molar-refractivity contribution in [3.05, 3.63) is 54.4 Å². The fraction of sp³-hybridized carbons (Fsp3) is 0. The van der Waals surface area contributed by atoms with E-state index in [1.54, 1.807) is 24.0 Å². The fourth-order valence-corrected chi connectivity index (χ4v) is 2.00. The van der Waals surface area contributed by atoms with Crippen molar-refractivity contribution in [3.63, 3.8) is 0 Å². The molecule has 1 aromatic heterocycles. The highest BCUT2D eigenvalue weighted by molar-refractivity contribution is 7.99. The number of aromatic carboxylic acids is 1. The molecule has 0 bridgehead atoms. The van der Waals surface area contributed by atoms with Crippen LogP contribution >= 0.6 is 11.8 Å². The van der Waals surface area contributed by atoms with E-state index in [-0.39, 0.29) is 5.69 Å². The quantitative estimate of drug-likeness (QED) is 0.882. The van der Waals surface area contributed by atoms with Crippen LogP contribution in [0.3, 0.4) is 0 Å². The molecule has 2 aromatic rings. The maximum atomic E-state index is 10.6. The minimum atomic E-state index is -1.00. The predicted molar refractivity (Wildman–Crippen MR) is 61.8 cm³/mol. The summed E-state index contributed by atoms with van der Waals surface area (Å²) in [6, 6.07) is 13.1. The molecule has 0 aliphatic rings. The third kappa shape index (κ3) is 2.61. The number of aromatic nitrogens is 1. The van der Waals surface area contributed by atoms with Gasteiger partial charge in [0.2, 0.25) is 0 Å². The molecule has 1 heterocycles. The maximum absolute atomic E-state index is 10.6. The van der Waals surface area contributed by atoms with Crippen LogP contribution in [-0.2, 0) is 0 Å². The van der Waals surface area contributed by atoms with Gasteiger partial charge in [-0.15, -0.1) is 0 Å². The second-order valence-electron chi connectivity index (χ2n) is 3.10. The van der Waals surface area contributed by atoms with E-state index in [4.69, 9.17) is 5.11 Å². The average Bonchev–Trinajstić information content (AvgIpc) is 2.31. The van der Waals surface area contributed by atoms with Crippen LogP contribution in [0.5, 0.6) is 0 Å². The van der Waals surface area contributed by atoms with Crippen molar-refractivity contribution in [3.8, 4) is 0 Å². The van der Waals surface area contributed by atoms with Gasteiger partial charge in [0.25, 0.3) is 0 Å². The minimum absolute atomic E-state index is 0.0670. The van der Waals surface area contributed by atoms with Gasteiger partial charge in [-0.25, -0.2) is 9.78 Å². The van der Waals surface area contributed by atoms with Gasteiger partial charge in [-0.2, -0.15) is 0 Å². The number of hydrogen-bond acceptors (Lipinski definition) is 3. The van der Waals surface area contributed by atoms with Crippen molar-refractivity contribution < 1.29 is 9.90 Å². The van der Waals surface area contributed by atoms with Gasteiger partial charge < -0.3 is 5.11 Å². The van der Waals surface area contributed by atoms with E-state index in [1.165, 1.54) is 6.07 Å². The van der Waals surface area contributed by atoms with Gasteiger partial charge in [-0.05, 0) is 24.3 Å². The van der Waals surface area contributed by atoms with E-state index in [0.29, 0.717) is 0 Å². The zero-order chi connectivity index (χ0) is 11.4. The Morgan fingerprint density at radius 1 is 1.06 bits per heavy atom. The van der Waals surface area contributed by atoms with E-state index in [9.17, 15) is 4.79 Å². The first-order chi connectivity index (χ1) is 7.75. The summed E-state index contributed by atoms with van der Waals surface area (Å²) >= 11 is 1.55. The monoisotopic (exact) mass is 231 g/mol. The topological polar surface area (TPSA) is 50.2 Å². The summed E-state index contributed by atoms with van der Waals surface area (Å²) in [6.45, 7) is 0. The van der Waals surface area contributed by atoms with E-state index in [2.05, 4.69) is 4.98 Å². The molecule has 2 rings (SSSR count). The number of hydrogen-bond donors (Lipinski definition) is 1. The van der Waals surface area contributed by atoms with Crippen molar-refractivity contribution in [1.82, 2.24) is 4.98 Å². The summed E-state index contributed by atoms with van der Waals surface area (Å²) in [5, 5.41) is 8.70. The third-order valence-corrected chi connectivity index (χ3v) is 2.92. The molecular formula is C12H9NO2S. The highest BCUT2D eigenvalue weighted by atomic mass is 32.2. The number of carbonyl (C=O) groups is 1. The van der Waals surface area contributed by atoms with Gasteiger partial charge in [0.1, 0.15) is 5.69 Å². The molecule has 0 saturated carbocycles. The lowest BCUT2D eigenvalue weighted by Gasteiger charge is -2.00. The van der Waals surface area contributed by atoms with Crippen molar-refractivity contribution >= 4 is 17.7 Å². The van der Waals surface area contributed by atoms with Gasteiger partial charge in [0, 0.05) is 16.0 Å². The molecule has 0 saturated heterocycles. The third-order valence-electron chi connectivity index (χ3n) is 1.93. The lowest BCUT2D eigenvalue weighted by atomic mass is 10.4. The molecule has 4 heteroatoms. The molecule has 0 unspecified atom stereocenters. The Morgan fingerprint density at radius 3 is 2.38 bits per heavy atom. The molecule has 0 atom stereocenters. The van der Waals surface area contributed by atoms with Gasteiger partial charge in [-0.3, -0.25) is 0 Å². The second kappa shape index (κ2) is 4.81. The van der Waals surface area contributed by atoms with E-state index in [1.807, 2.05) is 30.3 Å². The molecule has 16 heavy (non-hydrogen) atoms. The van der Waals surface area contributed by atoms with Crippen molar-refractivity contribution in [2.75, 3.05) is 0 Å². The first-order valence-corrected chi connectivity index (χ1v) is 5.49. The van der Waals surface area contributed by atoms with Crippen LogP contribution in [0.15, 0.2) is 58.5 Å². The van der Waals surface area contributed by atoms with Crippen LogP contribution in [0.2, 0.25) is 0 Å². The van der Waals surface area contributed by atoms with E-state index >= 15 is 0 Å².